The maximum absolute atomic E-state index is 12.5. The van der Waals surface area contributed by atoms with Gasteiger partial charge in [-0.1, -0.05) is 51.7 Å². The van der Waals surface area contributed by atoms with Gasteiger partial charge < -0.3 is 16.0 Å². The second-order valence-electron chi connectivity index (χ2n) is 7.10. The van der Waals surface area contributed by atoms with Crippen LogP contribution in [-0.2, 0) is 9.59 Å². The lowest BCUT2D eigenvalue weighted by Crippen LogP contribution is -2.68. The molecule has 1 aliphatic heterocycles. The zero-order valence-electron chi connectivity index (χ0n) is 17.0. The molecule has 2 amide bonds. The molecule has 0 aliphatic carbocycles. The third-order valence-electron chi connectivity index (χ3n) is 4.57. The topological polar surface area (TPSA) is 83.1 Å². The third kappa shape index (κ3) is 6.83. The number of unbranched alkanes of at least 4 members (excludes halogenated alkanes) is 4. The fourth-order valence-corrected chi connectivity index (χ4v) is 3.07. The van der Waals surface area contributed by atoms with E-state index in [0.717, 1.165) is 49.9 Å². The minimum Gasteiger partial charge on any atom is -0.341 e. The molecule has 0 atom stereocenters. The van der Waals surface area contributed by atoms with E-state index in [2.05, 4.69) is 34.8 Å². The summed E-state index contributed by atoms with van der Waals surface area (Å²) in [4.78, 5) is 29.4. The van der Waals surface area contributed by atoms with Crippen LogP contribution in [0.3, 0.4) is 0 Å². The molecule has 2 heterocycles. The average Bonchev–Trinajstić information content (AvgIpc) is 2.69. The quantitative estimate of drug-likeness (QED) is 0.402. The molecule has 0 aromatic carbocycles. The van der Waals surface area contributed by atoms with Gasteiger partial charge in [-0.2, -0.15) is 0 Å². The van der Waals surface area contributed by atoms with Gasteiger partial charge in [0.25, 0.3) is 0 Å². The van der Waals surface area contributed by atoms with E-state index in [1.165, 1.54) is 0 Å². The molecule has 6 nitrogen and oxygen atoms in total. The fourth-order valence-electron chi connectivity index (χ4n) is 3.07. The Morgan fingerprint density at radius 2 is 1.64 bits per heavy atom. The molecule has 1 aliphatic rings. The van der Waals surface area contributed by atoms with Crippen molar-refractivity contribution in [1.29, 1.82) is 0 Å². The van der Waals surface area contributed by atoms with Gasteiger partial charge in [0, 0.05) is 19.0 Å². The van der Waals surface area contributed by atoms with Crippen LogP contribution in [0.2, 0.25) is 0 Å². The van der Waals surface area contributed by atoms with Crippen molar-refractivity contribution in [2.75, 3.05) is 0 Å². The van der Waals surface area contributed by atoms with Crippen LogP contribution in [0.5, 0.6) is 0 Å². The Morgan fingerprint density at radius 3 is 2.18 bits per heavy atom. The number of hydrogen-bond donors (Lipinski definition) is 3. The molecular weight excluding hydrogens is 352 g/mol. The molecule has 0 unspecified atom stereocenters. The zero-order valence-corrected chi connectivity index (χ0v) is 17.0. The number of rotatable bonds is 11. The number of dihydropyridines is 1. The molecule has 1 aromatic rings. The van der Waals surface area contributed by atoms with E-state index in [0.29, 0.717) is 12.8 Å². The predicted octanol–water partition coefficient (Wildman–Crippen LogP) is 3.63. The van der Waals surface area contributed by atoms with Crippen LogP contribution in [0.1, 0.15) is 70.9 Å². The lowest BCUT2D eigenvalue weighted by molar-refractivity contribution is -0.126. The zero-order chi connectivity index (χ0) is 20.2. The molecule has 0 bridgehead atoms. The van der Waals surface area contributed by atoms with E-state index in [1.54, 1.807) is 12.3 Å². The van der Waals surface area contributed by atoms with E-state index in [-0.39, 0.29) is 11.8 Å². The van der Waals surface area contributed by atoms with Crippen LogP contribution in [0, 0.1) is 0 Å². The Morgan fingerprint density at radius 1 is 1.00 bits per heavy atom. The van der Waals surface area contributed by atoms with Crippen LogP contribution in [0.15, 0.2) is 42.6 Å². The largest absolute Gasteiger partial charge is 0.341 e. The number of aromatic nitrogens is 1. The summed E-state index contributed by atoms with van der Waals surface area (Å²) in [5.74, 6) is -1.34. The SMILES string of the molecule is CCCCCC(=O)NC1(NC(=O)CCCCC)C=CC=C(c2ccccn2)N1. The van der Waals surface area contributed by atoms with Gasteiger partial charge in [0.15, 0.2) is 0 Å². The first kappa shape index (κ1) is 21.7. The summed E-state index contributed by atoms with van der Waals surface area (Å²) in [5.41, 5.74) is 1.49. The van der Waals surface area contributed by atoms with E-state index in [9.17, 15) is 9.59 Å². The Bertz CT molecular complexity index is 674. The number of carbonyl (C=O) groups is 2. The first-order chi connectivity index (χ1) is 13.6. The van der Waals surface area contributed by atoms with Gasteiger partial charge in [-0.3, -0.25) is 14.6 Å². The summed E-state index contributed by atoms with van der Waals surface area (Å²) in [6.45, 7) is 4.20. The van der Waals surface area contributed by atoms with Crippen molar-refractivity contribution in [3.8, 4) is 0 Å². The molecule has 2 rings (SSSR count). The Hall–Kier alpha value is -2.63. The number of amides is 2. The number of carbonyl (C=O) groups excluding carboxylic acids is 2. The second kappa shape index (κ2) is 11.3. The molecule has 3 N–H and O–H groups in total. The normalized spacial score (nSPS) is 14.7. The van der Waals surface area contributed by atoms with Crippen LogP contribution < -0.4 is 16.0 Å². The average molecular weight is 385 g/mol. The number of nitrogens with zero attached hydrogens (tertiary/aromatic N) is 1. The summed E-state index contributed by atoms with van der Waals surface area (Å²) in [7, 11) is 0. The first-order valence-corrected chi connectivity index (χ1v) is 10.3. The first-order valence-electron chi connectivity index (χ1n) is 10.3. The molecule has 0 spiro atoms. The van der Waals surface area contributed by atoms with Crippen LogP contribution in [0.4, 0.5) is 0 Å². The maximum atomic E-state index is 12.5. The number of nitrogens with one attached hydrogen (secondary N) is 3. The highest BCUT2D eigenvalue weighted by molar-refractivity contribution is 5.82. The van der Waals surface area contributed by atoms with Crippen LogP contribution in [-0.4, -0.2) is 22.6 Å². The molecule has 0 saturated carbocycles. The van der Waals surface area contributed by atoms with Crippen molar-refractivity contribution in [1.82, 2.24) is 20.9 Å². The molecular formula is C22H32N4O2. The second-order valence-corrected chi connectivity index (χ2v) is 7.10. The van der Waals surface area contributed by atoms with E-state index < -0.39 is 5.79 Å². The van der Waals surface area contributed by atoms with Crippen molar-refractivity contribution in [2.24, 2.45) is 0 Å². The number of allylic oxidation sites excluding steroid dienone is 2. The third-order valence-corrected chi connectivity index (χ3v) is 4.57. The van der Waals surface area contributed by atoms with E-state index in [4.69, 9.17) is 0 Å². The van der Waals surface area contributed by atoms with Crippen molar-refractivity contribution in [3.05, 3.63) is 48.3 Å². The predicted molar refractivity (Wildman–Crippen MR) is 112 cm³/mol. The number of pyridine rings is 1. The van der Waals surface area contributed by atoms with Crippen molar-refractivity contribution < 1.29 is 9.59 Å². The van der Waals surface area contributed by atoms with Gasteiger partial charge in [0.05, 0.1) is 11.4 Å². The highest BCUT2D eigenvalue weighted by Gasteiger charge is 2.33. The minimum absolute atomic E-state index is 0.0956. The highest BCUT2D eigenvalue weighted by Crippen LogP contribution is 2.18. The van der Waals surface area contributed by atoms with E-state index in [1.807, 2.05) is 30.4 Å². The van der Waals surface area contributed by atoms with Crippen LogP contribution >= 0.6 is 0 Å². The maximum Gasteiger partial charge on any atom is 0.223 e. The monoisotopic (exact) mass is 384 g/mol. The van der Waals surface area contributed by atoms with Crippen molar-refractivity contribution in [2.45, 2.75) is 71.0 Å². The Kier molecular flexibility index (Phi) is 8.72. The Balaban J connectivity index is 2.12. The highest BCUT2D eigenvalue weighted by atomic mass is 16.2. The van der Waals surface area contributed by atoms with E-state index >= 15 is 0 Å². The smallest absolute Gasteiger partial charge is 0.223 e. The van der Waals surface area contributed by atoms with Gasteiger partial charge in [-0.15, -0.1) is 0 Å². The minimum atomic E-state index is -1.14. The lowest BCUT2D eigenvalue weighted by atomic mass is 10.1. The van der Waals surface area contributed by atoms with Gasteiger partial charge in [-0.25, -0.2) is 0 Å². The molecule has 0 radical (unpaired) electrons. The summed E-state index contributed by atoms with van der Waals surface area (Å²) in [6, 6.07) is 5.63. The molecule has 1 aromatic heterocycles. The Labute approximate surface area is 167 Å². The molecule has 152 valence electrons. The van der Waals surface area contributed by atoms with Crippen molar-refractivity contribution in [3.63, 3.8) is 0 Å². The van der Waals surface area contributed by atoms with Gasteiger partial charge in [-0.05, 0) is 37.1 Å². The molecule has 0 saturated heterocycles. The van der Waals surface area contributed by atoms with Gasteiger partial charge in [0.2, 0.25) is 17.6 Å². The number of hydrogen-bond acceptors (Lipinski definition) is 4. The summed E-state index contributed by atoms with van der Waals surface area (Å²) < 4.78 is 0. The summed E-state index contributed by atoms with van der Waals surface area (Å²) in [5, 5.41) is 9.22. The van der Waals surface area contributed by atoms with Gasteiger partial charge in [0.1, 0.15) is 0 Å². The lowest BCUT2D eigenvalue weighted by Gasteiger charge is -2.37. The van der Waals surface area contributed by atoms with Gasteiger partial charge >= 0.3 is 0 Å². The molecule has 0 fully saturated rings. The molecule has 28 heavy (non-hydrogen) atoms. The molecule has 6 heteroatoms. The summed E-state index contributed by atoms with van der Waals surface area (Å²) >= 11 is 0. The standard InChI is InChI=1S/C22H32N4O2/c1-3-5-7-14-20(27)25-22(26-21(28)15-8-6-4-2)16-11-13-19(24-22)18-12-9-10-17-23-18/h9-13,16-17,24H,3-8,14-15H2,1-2H3,(H,25,27)(H,26,28). The van der Waals surface area contributed by atoms with Crippen molar-refractivity contribution >= 4 is 17.5 Å². The van der Waals surface area contributed by atoms with Crippen LogP contribution in [0.25, 0.3) is 5.70 Å². The summed E-state index contributed by atoms with van der Waals surface area (Å²) in [6.07, 6.45) is 13.8. The fraction of sp³-hybridized carbons (Fsp3) is 0.500.